The summed E-state index contributed by atoms with van der Waals surface area (Å²) in [6, 6.07) is 20.9. The Kier molecular flexibility index (Phi) is 7.52. The van der Waals surface area contributed by atoms with E-state index >= 15 is 0 Å². The van der Waals surface area contributed by atoms with Gasteiger partial charge in [0.15, 0.2) is 0 Å². The standard InChI is InChI=1S/C22H16Cl4O2/c23-20-13-18(27-10-9-22(25)26)14-21(24)19(20)12-15-5-4-8-17(11-15)28-16-6-2-1-3-7-16/h1-9,11,13-14H,10,12H2. The molecule has 0 aliphatic carbocycles. The summed E-state index contributed by atoms with van der Waals surface area (Å²) < 4.78 is 11.6. The SMILES string of the molecule is ClC(Cl)=CCOc1cc(Cl)c(Cc2cccc(Oc3ccccc3)c2)c(Cl)c1. The first kappa shape index (κ1) is 20.9. The van der Waals surface area contributed by atoms with Gasteiger partial charge in [-0.05, 0) is 53.6 Å². The molecule has 0 saturated carbocycles. The molecule has 3 aromatic carbocycles. The Balaban J connectivity index is 1.74. The largest absolute Gasteiger partial charge is 0.489 e. The van der Waals surface area contributed by atoms with E-state index in [0.29, 0.717) is 22.2 Å². The number of benzene rings is 3. The predicted molar refractivity (Wildman–Crippen MR) is 118 cm³/mol. The van der Waals surface area contributed by atoms with Crippen LogP contribution in [0.5, 0.6) is 17.2 Å². The van der Waals surface area contributed by atoms with Crippen molar-refractivity contribution in [2.45, 2.75) is 6.42 Å². The number of hydrogen-bond acceptors (Lipinski definition) is 2. The third-order valence-electron chi connectivity index (χ3n) is 3.86. The molecule has 0 unspecified atom stereocenters. The molecule has 0 spiro atoms. The highest BCUT2D eigenvalue weighted by molar-refractivity contribution is 6.55. The second-order valence-corrected chi connectivity index (χ2v) is 7.73. The van der Waals surface area contributed by atoms with Gasteiger partial charge in [-0.2, -0.15) is 0 Å². The summed E-state index contributed by atoms with van der Waals surface area (Å²) in [5, 5.41) is 1.05. The number of halogens is 4. The van der Waals surface area contributed by atoms with E-state index in [0.717, 1.165) is 22.6 Å². The van der Waals surface area contributed by atoms with Gasteiger partial charge < -0.3 is 9.47 Å². The van der Waals surface area contributed by atoms with E-state index in [9.17, 15) is 0 Å². The molecular weight excluding hydrogens is 438 g/mol. The molecule has 0 radical (unpaired) electrons. The molecule has 0 aromatic heterocycles. The highest BCUT2D eigenvalue weighted by atomic mass is 35.5. The van der Waals surface area contributed by atoms with Crippen molar-refractivity contribution in [3.05, 3.63) is 98.5 Å². The van der Waals surface area contributed by atoms with Crippen molar-refractivity contribution in [2.24, 2.45) is 0 Å². The summed E-state index contributed by atoms with van der Waals surface area (Å²) in [5.41, 5.74) is 1.85. The van der Waals surface area contributed by atoms with E-state index in [-0.39, 0.29) is 11.1 Å². The molecule has 2 nitrogen and oxygen atoms in total. The summed E-state index contributed by atoms with van der Waals surface area (Å²) in [5.74, 6) is 2.08. The van der Waals surface area contributed by atoms with Crippen LogP contribution >= 0.6 is 46.4 Å². The maximum absolute atomic E-state index is 6.43. The van der Waals surface area contributed by atoms with Crippen LogP contribution in [0.25, 0.3) is 0 Å². The van der Waals surface area contributed by atoms with Crippen LogP contribution < -0.4 is 9.47 Å². The number of para-hydroxylation sites is 1. The van der Waals surface area contributed by atoms with Gasteiger partial charge in [-0.15, -0.1) is 0 Å². The average molecular weight is 454 g/mol. The van der Waals surface area contributed by atoms with Crippen LogP contribution in [0, 0.1) is 0 Å². The van der Waals surface area contributed by atoms with Crippen molar-refractivity contribution in [1.29, 1.82) is 0 Å². The number of ether oxygens (including phenoxy) is 2. The summed E-state index contributed by atoms with van der Waals surface area (Å²) in [4.78, 5) is 0. The number of rotatable bonds is 7. The summed E-state index contributed by atoms with van der Waals surface area (Å²) in [7, 11) is 0. The van der Waals surface area contributed by atoms with E-state index in [2.05, 4.69) is 0 Å². The topological polar surface area (TPSA) is 18.5 Å². The second kappa shape index (κ2) is 10.1. The van der Waals surface area contributed by atoms with Crippen molar-refractivity contribution in [3.8, 4) is 17.2 Å². The van der Waals surface area contributed by atoms with Crippen LogP contribution in [0.2, 0.25) is 10.0 Å². The van der Waals surface area contributed by atoms with Crippen molar-refractivity contribution in [3.63, 3.8) is 0 Å². The maximum atomic E-state index is 6.43. The molecule has 0 atom stereocenters. The Morgan fingerprint density at radius 3 is 2.14 bits per heavy atom. The molecule has 0 aliphatic rings. The van der Waals surface area contributed by atoms with Crippen LogP contribution in [-0.2, 0) is 6.42 Å². The van der Waals surface area contributed by atoms with E-state index < -0.39 is 0 Å². The highest BCUT2D eigenvalue weighted by Gasteiger charge is 2.11. The smallest absolute Gasteiger partial charge is 0.127 e. The molecule has 0 N–H and O–H groups in total. The van der Waals surface area contributed by atoms with Crippen LogP contribution in [-0.4, -0.2) is 6.61 Å². The fourth-order valence-electron chi connectivity index (χ4n) is 2.58. The lowest BCUT2D eigenvalue weighted by molar-refractivity contribution is 0.363. The molecule has 0 bridgehead atoms. The van der Waals surface area contributed by atoms with Crippen molar-refractivity contribution >= 4 is 46.4 Å². The van der Waals surface area contributed by atoms with E-state index in [1.54, 1.807) is 12.1 Å². The predicted octanol–water partition coefficient (Wildman–Crippen LogP) is 8.07. The first-order valence-electron chi connectivity index (χ1n) is 8.45. The molecular formula is C22H16Cl4O2. The quantitative estimate of drug-likeness (QED) is 0.360. The van der Waals surface area contributed by atoms with Gasteiger partial charge in [0.05, 0.1) is 0 Å². The third kappa shape index (κ3) is 6.08. The molecule has 6 heteroatoms. The number of hydrogen-bond donors (Lipinski definition) is 0. The molecule has 144 valence electrons. The Morgan fingerprint density at radius 1 is 0.786 bits per heavy atom. The first-order chi connectivity index (χ1) is 13.5. The van der Waals surface area contributed by atoms with Gasteiger partial charge in [-0.1, -0.05) is 76.7 Å². The van der Waals surface area contributed by atoms with Crippen LogP contribution in [0.15, 0.2) is 77.3 Å². The minimum absolute atomic E-state index is 0.145. The molecule has 0 fully saturated rings. The summed E-state index contributed by atoms with van der Waals surface area (Å²) in [6.45, 7) is 0.229. The molecule has 28 heavy (non-hydrogen) atoms. The van der Waals surface area contributed by atoms with Gasteiger partial charge in [0.25, 0.3) is 0 Å². The third-order valence-corrected chi connectivity index (χ3v) is 4.84. The first-order valence-corrected chi connectivity index (χ1v) is 9.96. The van der Waals surface area contributed by atoms with Gasteiger partial charge in [0.2, 0.25) is 0 Å². The second-order valence-electron chi connectivity index (χ2n) is 5.91. The Hall–Kier alpha value is -1.84. The molecule has 0 aliphatic heterocycles. The Bertz CT molecular complexity index is 944. The van der Waals surface area contributed by atoms with E-state index in [4.69, 9.17) is 55.9 Å². The zero-order valence-electron chi connectivity index (χ0n) is 14.7. The van der Waals surface area contributed by atoms with Crippen molar-refractivity contribution < 1.29 is 9.47 Å². The maximum Gasteiger partial charge on any atom is 0.127 e. The minimum atomic E-state index is 0.145. The van der Waals surface area contributed by atoms with Crippen LogP contribution in [0.1, 0.15) is 11.1 Å². The van der Waals surface area contributed by atoms with Gasteiger partial charge in [-0.25, -0.2) is 0 Å². The van der Waals surface area contributed by atoms with Crippen LogP contribution in [0.3, 0.4) is 0 Å². The molecule has 3 aromatic rings. The molecule has 0 saturated heterocycles. The normalized spacial score (nSPS) is 10.4. The fourth-order valence-corrected chi connectivity index (χ4v) is 3.31. The highest BCUT2D eigenvalue weighted by Crippen LogP contribution is 2.33. The van der Waals surface area contributed by atoms with Gasteiger partial charge >= 0.3 is 0 Å². The lowest BCUT2D eigenvalue weighted by atomic mass is 10.0. The Labute approximate surface area is 184 Å². The van der Waals surface area contributed by atoms with Gasteiger partial charge in [0.1, 0.15) is 28.3 Å². The van der Waals surface area contributed by atoms with E-state index in [1.165, 1.54) is 6.08 Å². The zero-order chi connectivity index (χ0) is 19.9. The molecule has 0 amide bonds. The lowest BCUT2D eigenvalue weighted by Crippen LogP contribution is -1.97. The van der Waals surface area contributed by atoms with Crippen molar-refractivity contribution in [2.75, 3.05) is 6.61 Å². The van der Waals surface area contributed by atoms with Crippen LogP contribution in [0.4, 0.5) is 0 Å². The van der Waals surface area contributed by atoms with E-state index in [1.807, 2.05) is 54.6 Å². The van der Waals surface area contributed by atoms with Gasteiger partial charge in [-0.3, -0.25) is 0 Å². The lowest BCUT2D eigenvalue weighted by Gasteiger charge is -2.12. The summed E-state index contributed by atoms with van der Waals surface area (Å²) >= 11 is 24.0. The minimum Gasteiger partial charge on any atom is -0.489 e. The molecule has 3 rings (SSSR count). The zero-order valence-corrected chi connectivity index (χ0v) is 17.7. The van der Waals surface area contributed by atoms with Crippen molar-refractivity contribution in [1.82, 2.24) is 0 Å². The van der Waals surface area contributed by atoms with Gasteiger partial charge in [0, 0.05) is 16.5 Å². The summed E-state index contributed by atoms with van der Waals surface area (Å²) in [6.07, 6.45) is 2.11. The Morgan fingerprint density at radius 2 is 1.46 bits per heavy atom. The fraction of sp³-hybridized carbons (Fsp3) is 0.0909. The monoisotopic (exact) mass is 452 g/mol. The molecule has 0 heterocycles. The average Bonchev–Trinajstić information content (AvgIpc) is 2.66.